The van der Waals surface area contributed by atoms with Gasteiger partial charge in [-0.05, 0) is 13.3 Å². The van der Waals surface area contributed by atoms with Crippen molar-refractivity contribution in [2.45, 2.75) is 71.2 Å². The van der Waals surface area contributed by atoms with E-state index in [4.69, 9.17) is 11.6 Å². The minimum absolute atomic E-state index is 0.456. The van der Waals surface area contributed by atoms with Gasteiger partial charge in [-0.2, -0.15) is 0 Å². The minimum Gasteiger partial charge on any atom is -0.314 e. The van der Waals surface area contributed by atoms with E-state index < -0.39 is 0 Å². The van der Waals surface area contributed by atoms with Crippen molar-refractivity contribution < 1.29 is 0 Å². The van der Waals surface area contributed by atoms with Crippen LogP contribution in [0.5, 0.6) is 0 Å². The lowest BCUT2D eigenvalue weighted by atomic mass is 10.1. The minimum atomic E-state index is 0.456. The monoisotopic (exact) mass is 257 g/mol. The third-order valence-corrected chi connectivity index (χ3v) is 3.33. The van der Waals surface area contributed by atoms with E-state index in [1.807, 2.05) is 0 Å². The van der Waals surface area contributed by atoms with Gasteiger partial charge in [0.15, 0.2) is 0 Å². The standard InChI is InChI=1S/C13H24ClN3/c1-3-5-6-7-8-9-10-12-15-16-13(11-14)17(12)4-2/h3-11H2,1-2H3. The topological polar surface area (TPSA) is 30.7 Å². The maximum absolute atomic E-state index is 5.82. The van der Waals surface area contributed by atoms with Crippen molar-refractivity contribution in [3.63, 3.8) is 0 Å². The lowest BCUT2D eigenvalue weighted by Gasteiger charge is -2.05. The van der Waals surface area contributed by atoms with Gasteiger partial charge in [0.1, 0.15) is 11.6 Å². The molecule has 0 saturated heterocycles. The van der Waals surface area contributed by atoms with Gasteiger partial charge >= 0.3 is 0 Å². The number of aromatic nitrogens is 3. The quantitative estimate of drug-likeness (QED) is 0.496. The number of unbranched alkanes of at least 4 members (excludes halogenated alkanes) is 5. The number of nitrogens with zero attached hydrogens (tertiary/aromatic N) is 3. The molecule has 3 nitrogen and oxygen atoms in total. The molecule has 0 aromatic carbocycles. The van der Waals surface area contributed by atoms with Crippen LogP contribution < -0.4 is 0 Å². The molecule has 0 N–H and O–H groups in total. The molecule has 1 rings (SSSR count). The predicted octanol–water partition coefficient (Wildman–Crippen LogP) is 3.94. The molecule has 98 valence electrons. The molecule has 1 aromatic rings. The molecule has 0 saturated carbocycles. The van der Waals surface area contributed by atoms with Crippen molar-refractivity contribution >= 4 is 11.6 Å². The number of hydrogen-bond acceptors (Lipinski definition) is 2. The van der Waals surface area contributed by atoms with Crippen molar-refractivity contribution in [3.8, 4) is 0 Å². The molecule has 0 aliphatic rings. The molecular formula is C13H24ClN3. The van der Waals surface area contributed by atoms with E-state index in [0.29, 0.717) is 5.88 Å². The summed E-state index contributed by atoms with van der Waals surface area (Å²) in [6.07, 6.45) is 8.92. The van der Waals surface area contributed by atoms with Crippen molar-refractivity contribution in [3.05, 3.63) is 11.6 Å². The molecular weight excluding hydrogens is 234 g/mol. The third-order valence-electron chi connectivity index (χ3n) is 3.09. The maximum atomic E-state index is 5.82. The molecule has 0 aliphatic heterocycles. The molecule has 0 unspecified atom stereocenters. The Morgan fingerprint density at radius 3 is 2.24 bits per heavy atom. The maximum Gasteiger partial charge on any atom is 0.147 e. The molecule has 0 aliphatic carbocycles. The molecule has 0 fully saturated rings. The third kappa shape index (κ3) is 4.66. The Morgan fingerprint density at radius 1 is 0.941 bits per heavy atom. The van der Waals surface area contributed by atoms with Gasteiger partial charge in [0.05, 0.1) is 5.88 Å². The van der Waals surface area contributed by atoms with Crippen LogP contribution in [0.4, 0.5) is 0 Å². The highest BCUT2D eigenvalue weighted by Crippen LogP contribution is 2.11. The summed E-state index contributed by atoms with van der Waals surface area (Å²) in [6.45, 7) is 5.28. The van der Waals surface area contributed by atoms with E-state index in [-0.39, 0.29) is 0 Å². The van der Waals surface area contributed by atoms with Crippen LogP contribution in [-0.4, -0.2) is 14.8 Å². The summed E-state index contributed by atoms with van der Waals surface area (Å²) in [5, 5.41) is 8.34. The second-order valence-corrected chi connectivity index (χ2v) is 4.70. The second kappa shape index (κ2) is 8.51. The Bertz CT molecular complexity index is 310. The Labute approximate surface area is 110 Å². The fourth-order valence-electron chi connectivity index (χ4n) is 2.08. The van der Waals surface area contributed by atoms with Crippen molar-refractivity contribution in [1.29, 1.82) is 0 Å². The first-order valence-corrected chi connectivity index (χ1v) is 7.33. The number of halogens is 1. The van der Waals surface area contributed by atoms with E-state index in [1.54, 1.807) is 0 Å². The average molecular weight is 258 g/mol. The Kier molecular flexibility index (Phi) is 7.25. The first-order valence-electron chi connectivity index (χ1n) is 6.80. The molecule has 17 heavy (non-hydrogen) atoms. The summed E-state index contributed by atoms with van der Waals surface area (Å²) in [7, 11) is 0. The zero-order valence-electron chi connectivity index (χ0n) is 11.1. The number of hydrogen-bond donors (Lipinski definition) is 0. The van der Waals surface area contributed by atoms with Crippen LogP contribution in [0.1, 0.15) is 64.0 Å². The van der Waals surface area contributed by atoms with Gasteiger partial charge in [-0.25, -0.2) is 0 Å². The summed E-state index contributed by atoms with van der Waals surface area (Å²) in [6, 6.07) is 0. The van der Waals surface area contributed by atoms with Crippen LogP contribution in [0.3, 0.4) is 0 Å². The first kappa shape index (κ1) is 14.5. The number of alkyl halides is 1. The van der Waals surface area contributed by atoms with Crippen LogP contribution in [-0.2, 0) is 18.8 Å². The second-order valence-electron chi connectivity index (χ2n) is 4.43. The van der Waals surface area contributed by atoms with Crippen molar-refractivity contribution in [1.82, 2.24) is 14.8 Å². The number of aryl methyl sites for hydroxylation is 1. The smallest absolute Gasteiger partial charge is 0.147 e. The summed E-state index contributed by atoms with van der Waals surface area (Å²) in [5.74, 6) is 2.45. The van der Waals surface area contributed by atoms with Gasteiger partial charge in [0, 0.05) is 13.0 Å². The highest BCUT2D eigenvalue weighted by atomic mass is 35.5. The number of rotatable bonds is 9. The van der Waals surface area contributed by atoms with Gasteiger partial charge < -0.3 is 4.57 Å². The van der Waals surface area contributed by atoms with Gasteiger partial charge in [0.2, 0.25) is 0 Å². The Hall–Kier alpha value is -0.570. The highest BCUT2D eigenvalue weighted by molar-refractivity contribution is 6.16. The van der Waals surface area contributed by atoms with Crippen LogP contribution in [0.25, 0.3) is 0 Å². The van der Waals surface area contributed by atoms with Crippen LogP contribution in [0, 0.1) is 0 Å². The lowest BCUT2D eigenvalue weighted by Crippen LogP contribution is -2.05. The van der Waals surface area contributed by atoms with Crippen molar-refractivity contribution in [2.24, 2.45) is 0 Å². The lowest BCUT2D eigenvalue weighted by molar-refractivity contribution is 0.585. The molecule has 4 heteroatoms. The fourth-order valence-corrected chi connectivity index (χ4v) is 2.28. The van der Waals surface area contributed by atoms with Crippen LogP contribution in [0.2, 0.25) is 0 Å². The van der Waals surface area contributed by atoms with E-state index in [9.17, 15) is 0 Å². The van der Waals surface area contributed by atoms with Crippen LogP contribution in [0.15, 0.2) is 0 Å². The molecule has 1 aromatic heterocycles. The van der Waals surface area contributed by atoms with E-state index in [2.05, 4.69) is 28.6 Å². The van der Waals surface area contributed by atoms with Gasteiger partial charge in [0.25, 0.3) is 0 Å². The van der Waals surface area contributed by atoms with Crippen LogP contribution >= 0.6 is 11.6 Å². The molecule has 0 radical (unpaired) electrons. The summed E-state index contributed by atoms with van der Waals surface area (Å²) >= 11 is 5.82. The Balaban J connectivity index is 2.29. The largest absolute Gasteiger partial charge is 0.314 e. The summed E-state index contributed by atoms with van der Waals surface area (Å²) in [5.41, 5.74) is 0. The zero-order chi connectivity index (χ0) is 12.5. The van der Waals surface area contributed by atoms with Crippen molar-refractivity contribution in [2.75, 3.05) is 0 Å². The zero-order valence-corrected chi connectivity index (χ0v) is 11.8. The van der Waals surface area contributed by atoms with Gasteiger partial charge in [-0.1, -0.05) is 39.0 Å². The SMILES string of the molecule is CCCCCCCCc1nnc(CCl)n1CC. The van der Waals surface area contributed by atoms with E-state index in [0.717, 1.165) is 24.6 Å². The molecule has 0 amide bonds. The highest BCUT2D eigenvalue weighted by Gasteiger charge is 2.08. The molecule has 0 bridgehead atoms. The first-order chi connectivity index (χ1) is 8.33. The predicted molar refractivity (Wildman–Crippen MR) is 72.3 cm³/mol. The normalized spacial score (nSPS) is 11.0. The summed E-state index contributed by atoms with van der Waals surface area (Å²) < 4.78 is 2.14. The van der Waals surface area contributed by atoms with E-state index >= 15 is 0 Å². The average Bonchev–Trinajstić information content (AvgIpc) is 2.75. The Morgan fingerprint density at radius 2 is 1.59 bits per heavy atom. The molecule has 0 atom stereocenters. The van der Waals surface area contributed by atoms with Gasteiger partial charge in [-0.3, -0.25) is 0 Å². The fraction of sp³-hybridized carbons (Fsp3) is 0.846. The summed E-state index contributed by atoms with van der Waals surface area (Å²) in [4.78, 5) is 0. The molecule has 1 heterocycles. The van der Waals surface area contributed by atoms with Gasteiger partial charge in [-0.15, -0.1) is 21.8 Å². The molecule has 0 spiro atoms. The van der Waals surface area contributed by atoms with E-state index in [1.165, 1.54) is 38.5 Å².